The molecule has 11 heteroatoms. The van der Waals surface area contributed by atoms with Crippen molar-refractivity contribution in [2.75, 3.05) is 24.7 Å². The van der Waals surface area contributed by atoms with Gasteiger partial charge < -0.3 is 11.1 Å². The van der Waals surface area contributed by atoms with Crippen molar-refractivity contribution in [3.05, 3.63) is 42.7 Å². The summed E-state index contributed by atoms with van der Waals surface area (Å²) < 4.78 is 37.0. The molecule has 30 heavy (non-hydrogen) atoms. The highest BCUT2D eigenvalue weighted by atomic mass is 32.2. The van der Waals surface area contributed by atoms with Crippen LogP contribution >= 0.6 is 0 Å². The lowest BCUT2D eigenvalue weighted by Crippen LogP contribution is -2.58. The van der Waals surface area contributed by atoms with Gasteiger partial charge in [-0.2, -0.15) is 0 Å². The molecule has 2 aliphatic heterocycles. The first kappa shape index (κ1) is 20.8. The Morgan fingerprint density at radius 2 is 2.03 bits per heavy atom. The van der Waals surface area contributed by atoms with Crippen molar-refractivity contribution in [2.45, 2.75) is 23.4 Å². The van der Waals surface area contributed by atoms with Crippen LogP contribution < -0.4 is 21.8 Å². The van der Waals surface area contributed by atoms with Gasteiger partial charge in [0.05, 0.1) is 35.0 Å². The second-order valence-corrected chi connectivity index (χ2v) is 9.51. The summed E-state index contributed by atoms with van der Waals surface area (Å²) >= 11 is 0. The SMILES string of the molecule is CS(=O)(=O)c1ccc(-c2ccncc2NC(=O)C2C(N)NN3CC(F)CNC23)cc1. The van der Waals surface area contributed by atoms with Crippen molar-refractivity contribution in [1.29, 1.82) is 0 Å². The van der Waals surface area contributed by atoms with Crippen LogP contribution in [0.5, 0.6) is 0 Å². The van der Waals surface area contributed by atoms with E-state index >= 15 is 0 Å². The van der Waals surface area contributed by atoms with Crippen LogP contribution in [-0.4, -0.2) is 62.2 Å². The Labute approximate surface area is 173 Å². The number of alkyl halides is 1. The van der Waals surface area contributed by atoms with E-state index in [1.54, 1.807) is 29.4 Å². The molecule has 2 aromatic rings. The Morgan fingerprint density at radius 3 is 2.73 bits per heavy atom. The Morgan fingerprint density at radius 1 is 1.30 bits per heavy atom. The lowest BCUT2D eigenvalue weighted by atomic mass is 10.0. The lowest BCUT2D eigenvalue weighted by molar-refractivity contribution is -0.121. The molecule has 2 fully saturated rings. The van der Waals surface area contributed by atoms with Crippen molar-refractivity contribution in [2.24, 2.45) is 11.7 Å². The number of hydrogen-bond donors (Lipinski definition) is 4. The number of nitrogens with zero attached hydrogens (tertiary/aromatic N) is 2. The van der Waals surface area contributed by atoms with Crippen molar-refractivity contribution in [3.63, 3.8) is 0 Å². The molecule has 0 bridgehead atoms. The van der Waals surface area contributed by atoms with Gasteiger partial charge in [-0.05, 0) is 23.8 Å². The molecule has 1 amide bonds. The van der Waals surface area contributed by atoms with E-state index in [0.29, 0.717) is 11.3 Å². The van der Waals surface area contributed by atoms with Crippen LogP contribution in [0.15, 0.2) is 47.6 Å². The minimum absolute atomic E-state index is 0.153. The first-order valence-electron chi connectivity index (χ1n) is 9.45. The third-order valence-corrected chi connectivity index (χ3v) is 6.42. The highest BCUT2D eigenvalue weighted by Crippen LogP contribution is 2.30. The average Bonchev–Trinajstić information content (AvgIpc) is 3.02. The molecule has 9 nitrogen and oxygen atoms in total. The van der Waals surface area contributed by atoms with Gasteiger partial charge in [0.1, 0.15) is 6.17 Å². The summed E-state index contributed by atoms with van der Waals surface area (Å²) in [4.78, 5) is 17.3. The maximum atomic E-state index is 13.6. The monoisotopic (exact) mass is 434 g/mol. The number of benzene rings is 1. The lowest BCUT2D eigenvalue weighted by Gasteiger charge is -2.33. The number of nitrogens with one attached hydrogen (secondary N) is 3. The molecule has 3 heterocycles. The smallest absolute Gasteiger partial charge is 0.233 e. The number of fused-ring (bicyclic) bond motifs is 1. The van der Waals surface area contributed by atoms with E-state index in [4.69, 9.17) is 5.73 Å². The molecule has 2 aliphatic rings. The van der Waals surface area contributed by atoms with Gasteiger partial charge in [0.15, 0.2) is 9.84 Å². The number of amides is 1. The number of nitrogens with two attached hydrogens (primary N) is 1. The summed E-state index contributed by atoms with van der Waals surface area (Å²) in [6.07, 6.45) is 2.14. The van der Waals surface area contributed by atoms with E-state index in [0.717, 1.165) is 11.8 Å². The minimum Gasteiger partial charge on any atom is -0.324 e. The molecule has 5 N–H and O–H groups in total. The van der Waals surface area contributed by atoms with Crippen LogP contribution in [0.2, 0.25) is 0 Å². The largest absolute Gasteiger partial charge is 0.324 e. The number of carbonyl (C=O) groups is 1. The third kappa shape index (κ3) is 4.07. The van der Waals surface area contributed by atoms with Crippen LogP contribution in [0.3, 0.4) is 0 Å². The molecular weight excluding hydrogens is 411 g/mol. The number of hydrazine groups is 1. The molecular formula is C19H23FN6O3S. The van der Waals surface area contributed by atoms with Crippen molar-refractivity contribution >= 4 is 21.4 Å². The summed E-state index contributed by atoms with van der Waals surface area (Å²) in [6, 6.07) is 8.12. The fourth-order valence-corrected chi connectivity index (χ4v) is 4.45. The second-order valence-electron chi connectivity index (χ2n) is 7.49. The van der Waals surface area contributed by atoms with Gasteiger partial charge in [-0.1, -0.05) is 12.1 Å². The summed E-state index contributed by atoms with van der Waals surface area (Å²) in [7, 11) is -3.30. The fourth-order valence-electron chi connectivity index (χ4n) is 3.82. The molecule has 2 saturated heterocycles. The molecule has 4 atom stereocenters. The van der Waals surface area contributed by atoms with Gasteiger partial charge in [-0.25, -0.2) is 23.2 Å². The van der Waals surface area contributed by atoms with Gasteiger partial charge in [0.25, 0.3) is 0 Å². The number of aromatic nitrogens is 1. The van der Waals surface area contributed by atoms with E-state index in [9.17, 15) is 17.6 Å². The van der Waals surface area contributed by atoms with Crippen molar-refractivity contribution < 1.29 is 17.6 Å². The van der Waals surface area contributed by atoms with E-state index in [2.05, 4.69) is 21.0 Å². The Bertz CT molecular complexity index is 1050. The standard InChI is InChI=1S/C19H23FN6O3S/c1-30(28,29)13-4-2-11(3-5-13)14-6-7-22-9-15(14)24-19(27)16-17(21)25-26-10-12(20)8-23-18(16)26/h2-7,9,12,16-18,23,25H,8,10,21H2,1H3,(H,24,27). The fraction of sp³-hybridized carbons (Fsp3) is 0.368. The summed E-state index contributed by atoms with van der Waals surface area (Å²) in [6.45, 7) is 0.310. The van der Waals surface area contributed by atoms with E-state index in [1.165, 1.54) is 18.3 Å². The predicted octanol–water partition coefficient (Wildman–Crippen LogP) is 0.0792. The van der Waals surface area contributed by atoms with Crippen LogP contribution in [0.25, 0.3) is 11.1 Å². The van der Waals surface area contributed by atoms with Crippen molar-refractivity contribution in [3.8, 4) is 11.1 Å². The zero-order chi connectivity index (χ0) is 21.5. The number of rotatable bonds is 4. The minimum atomic E-state index is -3.30. The number of halogens is 1. The van der Waals surface area contributed by atoms with Gasteiger partial charge in [0.2, 0.25) is 5.91 Å². The van der Waals surface area contributed by atoms with Crippen LogP contribution in [0.4, 0.5) is 10.1 Å². The van der Waals surface area contributed by atoms with Crippen LogP contribution in [0, 0.1) is 5.92 Å². The Hall–Kier alpha value is -2.44. The number of anilines is 1. The number of hydrogen-bond acceptors (Lipinski definition) is 8. The van der Waals surface area contributed by atoms with E-state index < -0.39 is 34.3 Å². The maximum absolute atomic E-state index is 13.6. The first-order valence-corrected chi connectivity index (χ1v) is 11.3. The molecule has 0 spiro atoms. The zero-order valence-electron chi connectivity index (χ0n) is 16.2. The number of sulfone groups is 1. The molecule has 1 aromatic carbocycles. The highest BCUT2D eigenvalue weighted by molar-refractivity contribution is 7.90. The molecule has 160 valence electrons. The number of pyridine rings is 1. The molecule has 4 unspecified atom stereocenters. The summed E-state index contributed by atoms with van der Waals surface area (Å²) in [5, 5.41) is 7.51. The topological polar surface area (TPSA) is 129 Å². The first-order chi connectivity index (χ1) is 14.2. The molecule has 1 aromatic heterocycles. The van der Waals surface area contributed by atoms with Crippen LogP contribution in [0.1, 0.15) is 0 Å². The summed E-state index contributed by atoms with van der Waals surface area (Å²) in [5.74, 6) is -0.965. The van der Waals surface area contributed by atoms with Gasteiger partial charge >= 0.3 is 0 Å². The predicted molar refractivity (Wildman–Crippen MR) is 109 cm³/mol. The molecule has 0 radical (unpaired) electrons. The molecule has 0 saturated carbocycles. The Balaban J connectivity index is 1.57. The highest BCUT2D eigenvalue weighted by Gasteiger charge is 2.47. The second kappa shape index (κ2) is 8.00. The number of carbonyl (C=O) groups excluding carboxylic acids is 1. The summed E-state index contributed by atoms with van der Waals surface area (Å²) in [5.41, 5.74) is 10.9. The van der Waals surface area contributed by atoms with Gasteiger partial charge in [-0.15, -0.1) is 0 Å². The van der Waals surface area contributed by atoms with E-state index in [1.807, 2.05) is 0 Å². The maximum Gasteiger partial charge on any atom is 0.233 e. The van der Waals surface area contributed by atoms with Gasteiger partial charge in [0, 0.05) is 31.1 Å². The van der Waals surface area contributed by atoms with Crippen molar-refractivity contribution in [1.82, 2.24) is 20.7 Å². The normalized spacial score (nSPS) is 26.9. The Kier molecular flexibility index (Phi) is 5.55. The van der Waals surface area contributed by atoms with E-state index in [-0.39, 0.29) is 23.9 Å². The third-order valence-electron chi connectivity index (χ3n) is 5.30. The zero-order valence-corrected chi connectivity index (χ0v) is 17.1. The quantitative estimate of drug-likeness (QED) is 0.532. The molecule has 0 aliphatic carbocycles. The molecule has 4 rings (SSSR count). The average molecular weight is 434 g/mol. The van der Waals surface area contributed by atoms with Crippen LogP contribution in [-0.2, 0) is 14.6 Å². The van der Waals surface area contributed by atoms with Gasteiger partial charge in [-0.3, -0.25) is 15.1 Å².